The van der Waals surface area contributed by atoms with Crippen LogP contribution in [0.1, 0.15) is 47.8 Å². The lowest BCUT2D eigenvalue weighted by Gasteiger charge is -2.11. The zero-order chi connectivity index (χ0) is 16.0. The van der Waals surface area contributed by atoms with E-state index in [1.165, 1.54) is 41.8 Å². The first kappa shape index (κ1) is 14.2. The van der Waals surface area contributed by atoms with E-state index >= 15 is 0 Å². The van der Waals surface area contributed by atoms with Crippen LogP contribution in [-0.2, 0) is 24.1 Å². The number of amides is 1. The number of aromatic amines is 1. The summed E-state index contributed by atoms with van der Waals surface area (Å²) in [6.45, 7) is 2.14. The van der Waals surface area contributed by atoms with E-state index in [2.05, 4.69) is 17.2 Å². The van der Waals surface area contributed by atoms with Crippen molar-refractivity contribution >= 4 is 23.2 Å². The van der Waals surface area contributed by atoms with Gasteiger partial charge in [0.25, 0.3) is 5.91 Å². The summed E-state index contributed by atoms with van der Waals surface area (Å²) in [6, 6.07) is 4.41. The summed E-state index contributed by atoms with van der Waals surface area (Å²) >= 11 is 0. The number of aryl methyl sites for hydroxylation is 1. The summed E-state index contributed by atoms with van der Waals surface area (Å²) in [5.41, 5.74) is 6.88. The number of fused-ring (bicyclic) bond motifs is 2. The quantitative estimate of drug-likeness (QED) is 0.806. The van der Waals surface area contributed by atoms with Crippen LogP contribution in [0.2, 0.25) is 0 Å². The molecule has 1 amide bonds. The van der Waals surface area contributed by atoms with Gasteiger partial charge in [-0.15, -0.1) is 0 Å². The molecular weight excluding hydrogens is 291 g/mol. The maximum absolute atomic E-state index is 13.6. The van der Waals surface area contributed by atoms with Gasteiger partial charge in [0.1, 0.15) is 5.82 Å². The average Bonchev–Trinajstić information content (AvgIpc) is 3.05. The van der Waals surface area contributed by atoms with E-state index in [9.17, 15) is 9.18 Å². The molecule has 2 aliphatic rings. The van der Waals surface area contributed by atoms with Crippen molar-refractivity contribution in [3.05, 3.63) is 52.1 Å². The van der Waals surface area contributed by atoms with E-state index in [1.54, 1.807) is 6.07 Å². The van der Waals surface area contributed by atoms with E-state index in [0.29, 0.717) is 16.8 Å². The van der Waals surface area contributed by atoms with Crippen LogP contribution in [0.25, 0.3) is 11.6 Å². The van der Waals surface area contributed by atoms with Gasteiger partial charge in [-0.2, -0.15) is 0 Å². The molecule has 0 radical (unpaired) electrons. The van der Waals surface area contributed by atoms with Crippen molar-refractivity contribution in [1.82, 2.24) is 4.98 Å². The number of anilines is 1. The van der Waals surface area contributed by atoms with Gasteiger partial charge in [0, 0.05) is 22.6 Å². The van der Waals surface area contributed by atoms with Crippen LogP contribution < -0.4 is 5.32 Å². The third kappa shape index (κ3) is 2.29. The van der Waals surface area contributed by atoms with Crippen molar-refractivity contribution in [3.63, 3.8) is 0 Å². The summed E-state index contributed by atoms with van der Waals surface area (Å²) in [7, 11) is 0. The van der Waals surface area contributed by atoms with Crippen molar-refractivity contribution in [2.75, 3.05) is 5.32 Å². The van der Waals surface area contributed by atoms with Crippen LogP contribution >= 0.6 is 0 Å². The summed E-state index contributed by atoms with van der Waals surface area (Å²) in [5.74, 6) is -0.493. The highest BCUT2D eigenvalue weighted by Gasteiger charge is 2.26. The number of halogens is 1. The smallest absolute Gasteiger partial charge is 0.256 e. The Balaban J connectivity index is 1.84. The van der Waals surface area contributed by atoms with Crippen LogP contribution in [0.3, 0.4) is 0 Å². The predicted octanol–water partition coefficient (Wildman–Crippen LogP) is 4.09. The maximum atomic E-state index is 13.6. The summed E-state index contributed by atoms with van der Waals surface area (Å²) < 4.78 is 13.6. The predicted molar refractivity (Wildman–Crippen MR) is 89.7 cm³/mol. The molecule has 1 aromatic carbocycles. The van der Waals surface area contributed by atoms with Crippen LogP contribution in [0, 0.1) is 5.82 Å². The van der Waals surface area contributed by atoms with Gasteiger partial charge in [0.2, 0.25) is 0 Å². The van der Waals surface area contributed by atoms with Gasteiger partial charge in [0.15, 0.2) is 0 Å². The van der Waals surface area contributed by atoms with Crippen molar-refractivity contribution in [1.29, 1.82) is 0 Å². The minimum Gasteiger partial charge on any atom is -0.358 e. The summed E-state index contributed by atoms with van der Waals surface area (Å²) in [4.78, 5) is 15.8. The van der Waals surface area contributed by atoms with Gasteiger partial charge in [-0.3, -0.25) is 4.79 Å². The fourth-order valence-corrected chi connectivity index (χ4v) is 3.75. The molecule has 0 saturated carbocycles. The number of benzene rings is 1. The standard InChI is InChI=1S/C19H19FN2O/c1-2-12-13-5-3-4-6-16(13)21-18(12)10-15-14-9-11(20)7-8-17(14)22-19(15)23/h7-10,21H,2-6H2,1H3,(H,22,23). The number of carbonyl (C=O) groups excluding carboxylic acids is 1. The number of nitrogens with one attached hydrogen (secondary N) is 2. The van der Waals surface area contributed by atoms with E-state index < -0.39 is 0 Å². The molecule has 0 bridgehead atoms. The Kier molecular flexibility index (Phi) is 3.33. The van der Waals surface area contributed by atoms with Crippen molar-refractivity contribution in [3.8, 4) is 0 Å². The SMILES string of the molecule is CCc1c(C=C2C(=O)Nc3ccc(F)cc32)[nH]c2c1CCCC2. The lowest BCUT2D eigenvalue weighted by molar-refractivity contribution is -0.110. The minimum atomic E-state index is -0.326. The number of hydrogen-bond donors (Lipinski definition) is 2. The van der Waals surface area contributed by atoms with E-state index in [4.69, 9.17) is 0 Å². The molecule has 23 heavy (non-hydrogen) atoms. The molecule has 1 aromatic heterocycles. The van der Waals surface area contributed by atoms with Crippen LogP contribution in [-0.4, -0.2) is 10.9 Å². The summed E-state index contributed by atoms with van der Waals surface area (Å²) in [6.07, 6.45) is 7.43. The van der Waals surface area contributed by atoms with E-state index in [1.807, 2.05) is 6.08 Å². The number of hydrogen-bond acceptors (Lipinski definition) is 1. The van der Waals surface area contributed by atoms with Crippen molar-refractivity contribution < 1.29 is 9.18 Å². The minimum absolute atomic E-state index is 0.166. The van der Waals surface area contributed by atoms with Gasteiger partial charge >= 0.3 is 0 Å². The molecule has 0 unspecified atom stereocenters. The molecule has 0 fully saturated rings. The normalized spacial score (nSPS) is 18.0. The Morgan fingerprint density at radius 2 is 2.09 bits per heavy atom. The molecule has 1 aliphatic heterocycles. The van der Waals surface area contributed by atoms with E-state index in [-0.39, 0.29) is 11.7 Å². The molecule has 2 heterocycles. The van der Waals surface area contributed by atoms with Crippen molar-refractivity contribution in [2.45, 2.75) is 39.0 Å². The highest BCUT2D eigenvalue weighted by molar-refractivity contribution is 6.34. The monoisotopic (exact) mass is 310 g/mol. The molecule has 118 valence electrons. The van der Waals surface area contributed by atoms with Gasteiger partial charge in [0.05, 0.1) is 5.57 Å². The van der Waals surface area contributed by atoms with Gasteiger partial charge in [-0.1, -0.05) is 6.92 Å². The second kappa shape index (κ2) is 5.37. The fraction of sp³-hybridized carbons (Fsp3) is 0.316. The second-order valence-corrected chi connectivity index (χ2v) is 6.24. The van der Waals surface area contributed by atoms with E-state index in [0.717, 1.165) is 25.0 Å². The lowest BCUT2D eigenvalue weighted by Crippen LogP contribution is -2.03. The third-order valence-electron chi connectivity index (χ3n) is 4.85. The zero-order valence-corrected chi connectivity index (χ0v) is 13.1. The first-order chi connectivity index (χ1) is 11.2. The maximum Gasteiger partial charge on any atom is 0.256 e. The molecule has 0 saturated heterocycles. The number of aromatic nitrogens is 1. The fourth-order valence-electron chi connectivity index (χ4n) is 3.75. The number of rotatable bonds is 2. The largest absolute Gasteiger partial charge is 0.358 e. The molecule has 4 rings (SSSR count). The van der Waals surface area contributed by atoms with Gasteiger partial charge < -0.3 is 10.3 Å². The first-order valence-electron chi connectivity index (χ1n) is 8.23. The Labute approximate surface area is 134 Å². The molecule has 2 aromatic rings. The summed E-state index contributed by atoms with van der Waals surface area (Å²) in [5, 5.41) is 2.81. The van der Waals surface area contributed by atoms with Gasteiger partial charge in [-0.05, 0) is 67.5 Å². The topological polar surface area (TPSA) is 44.9 Å². The highest BCUT2D eigenvalue weighted by Crippen LogP contribution is 2.35. The molecular formula is C19H19FN2O. The van der Waals surface area contributed by atoms with Crippen LogP contribution in [0.4, 0.5) is 10.1 Å². The Bertz CT molecular complexity index is 832. The number of H-pyrrole nitrogens is 1. The Morgan fingerprint density at radius 1 is 1.26 bits per heavy atom. The Hall–Kier alpha value is -2.36. The molecule has 4 heteroatoms. The zero-order valence-electron chi connectivity index (χ0n) is 13.1. The van der Waals surface area contributed by atoms with Crippen LogP contribution in [0.5, 0.6) is 0 Å². The van der Waals surface area contributed by atoms with Gasteiger partial charge in [-0.25, -0.2) is 4.39 Å². The molecule has 3 nitrogen and oxygen atoms in total. The van der Waals surface area contributed by atoms with Crippen molar-refractivity contribution in [2.24, 2.45) is 0 Å². The number of carbonyl (C=O) groups is 1. The Morgan fingerprint density at radius 3 is 2.91 bits per heavy atom. The molecule has 0 spiro atoms. The molecule has 0 atom stereocenters. The first-order valence-corrected chi connectivity index (χ1v) is 8.23. The molecule has 1 aliphatic carbocycles. The third-order valence-corrected chi connectivity index (χ3v) is 4.85. The highest BCUT2D eigenvalue weighted by atomic mass is 19.1. The van der Waals surface area contributed by atoms with Crippen LogP contribution in [0.15, 0.2) is 18.2 Å². The average molecular weight is 310 g/mol. The second-order valence-electron chi connectivity index (χ2n) is 6.24. The molecule has 2 N–H and O–H groups in total. The lowest BCUT2D eigenvalue weighted by atomic mass is 9.93.